The second kappa shape index (κ2) is 30.7. The van der Waals surface area contributed by atoms with Crippen LogP contribution >= 0.6 is 0 Å². The van der Waals surface area contributed by atoms with E-state index in [1.54, 1.807) is 18.2 Å². The molecule has 8 nitrogen and oxygen atoms in total. The minimum Gasteiger partial charge on any atom is -0.494 e. The Morgan fingerprint density at radius 1 is 0.396 bits per heavy atom. The van der Waals surface area contributed by atoms with Crippen molar-refractivity contribution in [3.63, 3.8) is 0 Å². The molecule has 0 bridgehead atoms. The Morgan fingerprint density at radius 3 is 1.13 bits per heavy atom. The molecule has 53 heavy (non-hydrogen) atoms. The van der Waals surface area contributed by atoms with Gasteiger partial charge in [-0.05, 0) is 67.8 Å². The summed E-state index contributed by atoms with van der Waals surface area (Å²) in [7, 11) is 0. The fourth-order valence-electron chi connectivity index (χ4n) is 6.08. The van der Waals surface area contributed by atoms with Gasteiger partial charge in [-0.2, -0.15) is 0 Å². The zero-order chi connectivity index (χ0) is 38.2. The summed E-state index contributed by atoms with van der Waals surface area (Å²) in [5.74, 6) is -0.0930. The molecular formula is C45H68O8. The zero-order valence-corrected chi connectivity index (χ0v) is 33.0. The van der Waals surface area contributed by atoms with Crippen LogP contribution in [0.5, 0.6) is 23.0 Å². The lowest BCUT2D eigenvalue weighted by Gasteiger charge is -2.05. The molecule has 2 aromatic carbocycles. The molecule has 0 fully saturated rings. The van der Waals surface area contributed by atoms with Crippen molar-refractivity contribution < 1.29 is 28.5 Å². The number of hydrogen-bond acceptors (Lipinski definition) is 8. The van der Waals surface area contributed by atoms with E-state index >= 15 is 0 Å². The highest BCUT2D eigenvalue weighted by atomic mass is 16.5. The summed E-state index contributed by atoms with van der Waals surface area (Å²) in [6, 6.07) is 11.9. The van der Waals surface area contributed by atoms with E-state index in [1.165, 1.54) is 139 Å². The van der Waals surface area contributed by atoms with Gasteiger partial charge in [-0.15, -0.1) is 0 Å². The Hall–Kier alpha value is -3.68. The first-order valence-corrected chi connectivity index (χ1v) is 20.9. The Morgan fingerprint density at radius 2 is 0.717 bits per heavy atom. The number of carbonyl (C=O) groups excluding carboxylic acids is 2. The minimum absolute atomic E-state index is 0.0357. The molecule has 2 aromatic rings. The normalized spacial score (nSPS) is 10.9. The van der Waals surface area contributed by atoms with Gasteiger partial charge in [0.1, 0.15) is 11.5 Å². The fourth-order valence-corrected chi connectivity index (χ4v) is 6.08. The largest absolute Gasteiger partial charge is 0.494 e. The molecule has 0 unspecified atom stereocenters. The van der Waals surface area contributed by atoms with Gasteiger partial charge in [0.25, 0.3) is 0 Å². The van der Waals surface area contributed by atoms with E-state index in [-0.39, 0.29) is 30.9 Å². The molecule has 0 amide bonds. The highest BCUT2D eigenvalue weighted by Crippen LogP contribution is 2.17. The van der Waals surface area contributed by atoms with E-state index in [2.05, 4.69) is 13.8 Å². The summed E-state index contributed by atoms with van der Waals surface area (Å²) in [5, 5.41) is 0. The van der Waals surface area contributed by atoms with Crippen LogP contribution in [0.1, 0.15) is 174 Å². The third kappa shape index (κ3) is 23.6. The van der Waals surface area contributed by atoms with E-state index in [1.807, 2.05) is 0 Å². The molecule has 0 aliphatic heterocycles. The Bertz CT molecular complexity index is 1390. The summed E-state index contributed by atoms with van der Waals surface area (Å²) in [6.07, 6.45) is 27.8. The number of esters is 2. The second-order valence-electron chi connectivity index (χ2n) is 14.2. The lowest BCUT2D eigenvalue weighted by Crippen LogP contribution is -2.13. The number of hydrogen-bond donors (Lipinski definition) is 0. The minimum atomic E-state index is -0.548. The first kappa shape index (κ1) is 45.5. The highest BCUT2D eigenvalue weighted by Gasteiger charge is 2.10. The third-order valence-electron chi connectivity index (χ3n) is 9.32. The standard InChI is InChI=1S/C45H68O8/c1-3-5-7-9-11-13-14-15-16-18-20-22-24-36-50-38-28-32-41(47)43(34-30-38)53-45(49)27-25-37-51-39-29-33-40(46)42(35-31-39)52-44(48)26-23-21-19-17-12-10-8-6-4-2/h28-35H,3-27,36-37H2,1-2H3. The van der Waals surface area contributed by atoms with Crippen molar-refractivity contribution in [2.24, 2.45) is 0 Å². The maximum Gasteiger partial charge on any atom is 0.311 e. The van der Waals surface area contributed by atoms with Crippen molar-refractivity contribution in [2.75, 3.05) is 13.2 Å². The van der Waals surface area contributed by atoms with E-state index in [0.717, 1.165) is 32.1 Å². The van der Waals surface area contributed by atoms with Crippen LogP contribution in [0.15, 0.2) is 58.1 Å². The summed E-state index contributed by atoms with van der Waals surface area (Å²) in [6.45, 7) is 5.23. The molecule has 0 aliphatic carbocycles. The van der Waals surface area contributed by atoms with Crippen LogP contribution in [0, 0.1) is 0 Å². The van der Waals surface area contributed by atoms with Gasteiger partial charge < -0.3 is 18.9 Å². The van der Waals surface area contributed by atoms with Crippen molar-refractivity contribution in [3.8, 4) is 23.0 Å². The van der Waals surface area contributed by atoms with Crippen LogP contribution < -0.4 is 29.8 Å². The SMILES string of the molecule is CCCCCCCCCCCCCCCOc1ccc(OC(=O)CCCOc2ccc(OC(=O)CCCCCCCCCCC)c(=O)cc2)c(=O)cc1. The van der Waals surface area contributed by atoms with Crippen LogP contribution in [0.2, 0.25) is 0 Å². The van der Waals surface area contributed by atoms with Crippen molar-refractivity contribution in [2.45, 2.75) is 174 Å². The van der Waals surface area contributed by atoms with Crippen molar-refractivity contribution in [1.82, 2.24) is 0 Å². The smallest absolute Gasteiger partial charge is 0.311 e. The molecule has 0 radical (unpaired) electrons. The van der Waals surface area contributed by atoms with E-state index in [9.17, 15) is 19.2 Å². The van der Waals surface area contributed by atoms with Gasteiger partial charge in [0.05, 0.1) is 13.2 Å². The third-order valence-corrected chi connectivity index (χ3v) is 9.32. The molecule has 0 aliphatic rings. The number of unbranched alkanes of at least 4 members (excludes halogenated alkanes) is 20. The number of carbonyl (C=O) groups is 2. The molecule has 0 spiro atoms. The monoisotopic (exact) mass is 736 g/mol. The van der Waals surface area contributed by atoms with Gasteiger partial charge in [-0.25, -0.2) is 0 Å². The molecule has 0 saturated carbocycles. The molecule has 0 saturated heterocycles. The Kier molecular flexibility index (Phi) is 26.4. The molecule has 0 N–H and O–H groups in total. The van der Waals surface area contributed by atoms with Crippen LogP contribution in [-0.2, 0) is 9.59 Å². The van der Waals surface area contributed by atoms with Crippen LogP contribution in [-0.4, -0.2) is 25.2 Å². The molecule has 8 heteroatoms. The maximum atomic E-state index is 12.5. The molecule has 0 heterocycles. The highest BCUT2D eigenvalue weighted by molar-refractivity contribution is 5.72. The quantitative estimate of drug-likeness (QED) is 0.0540. The fraction of sp³-hybridized carbons (Fsp3) is 0.644. The summed E-state index contributed by atoms with van der Waals surface area (Å²) in [5.41, 5.74) is -0.818. The second-order valence-corrected chi connectivity index (χ2v) is 14.2. The summed E-state index contributed by atoms with van der Waals surface area (Å²) >= 11 is 0. The van der Waals surface area contributed by atoms with Gasteiger partial charge in [0, 0.05) is 12.8 Å². The van der Waals surface area contributed by atoms with Crippen LogP contribution in [0.25, 0.3) is 0 Å². The number of rotatable bonds is 32. The van der Waals surface area contributed by atoms with Gasteiger partial charge in [0.15, 0.2) is 11.5 Å². The Labute approximate surface area is 319 Å². The molecule has 0 atom stereocenters. The van der Waals surface area contributed by atoms with Crippen molar-refractivity contribution in [3.05, 3.63) is 69.0 Å². The lowest BCUT2D eigenvalue weighted by atomic mass is 10.0. The van der Waals surface area contributed by atoms with Crippen molar-refractivity contribution in [1.29, 1.82) is 0 Å². The molecule has 0 aromatic heterocycles. The molecular weight excluding hydrogens is 668 g/mol. The van der Waals surface area contributed by atoms with Gasteiger partial charge in [-0.1, -0.05) is 142 Å². The maximum absolute atomic E-state index is 12.5. The molecule has 2 rings (SSSR count). The topological polar surface area (TPSA) is 105 Å². The zero-order valence-electron chi connectivity index (χ0n) is 33.0. The average Bonchev–Trinajstić information content (AvgIpc) is 3.43. The van der Waals surface area contributed by atoms with Crippen LogP contribution in [0.3, 0.4) is 0 Å². The van der Waals surface area contributed by atoms with E-state index < -0.39 is 22.8 Å². The lowest BCUT2D eigenvalue weighted by molar-refractivity contribution is -0.135. The number of ether oxygens (including phenoxy) is 4. The molecule has 296 valence electrons. The van der Waals surface area contributed by atoms with Gasteiger partial charge >= 0.3 is 11.9 Å². The van der Waals surface area contributed by atoms with Gasteiger partial charge in [-0.3, -0.25) is 19.2 Å². The first-order valence-electron chi connectivity index (χ1n) is 20.9. The van der Waals surface area contributed by atoms with E-state index in [0.29, 0.717) is 24.5 Å². The van der Waals surface area contributed by atoms with Crippen molar-refractivity contribution >= 4 is 11.9 Å². The average molecular weight is 737 g/mol. The summed E-state index contributed by atoms with van der Waals surface area (Å²) < 4.78 is 22.2. The predicted molar refractivity (Wildman–Crippen MR) is 214 cm³/mol. The summed E-state index contributed by atoms with van der Waals surface area (Å²) in [4.78, 5) is 49.7. The van der Waals surface area contributed by atoms with Crippen LogP contribution in [0.4, 0.5) is 0 Å². The van der Waals surface area contributed by atoms with Gasteiger partial charge in [0.2, 0.25) is 10.9 Å². The predicted octanol–water partition coefficient (Wildman–Crippen LogP) is 11.5. The Balaban J connectivity index is 1.60. The van der Waals surface area contributed by atoms with E-state index in [4.69, 9.17) is 18.9 Å². The first-order chi connectivity index (χ1) is 25.9.